The van der Waals surface area contributed by atoms with Crippen LogP contribution in [0.2, 0.25) is 0 Å². The summed E-state index contributed by atoms with van der Waals surface area (Å²) in [6, 6.07) is -0.907. The van der Waals surface area contributed by atoms with Crippen molar-refractivity contribution in [2.45, 2.75) is 60.0 Å². The van der Waals surface area contributed by atoms with E-state index in [1.54, 1.807) is 14.0 Å². The minimum absolute atomic E-state index is 0.0891. The number of nitrogens with one attached hydrogen (secondary N) is 1. The van der Waals surface area contributed by atoms with Crippen molar-refractivity contribution in [1.82, 2.24) is 10.2 Å². The quantitative estimate of drug-likeness (QED) is 0.714. The summed E-state index contributed by atoms with van der Waals surface area (Å²) in [5, 5.41) is 3.01. The third-order valence-electron chi connectivity index (χ3n) is 3.07. The third kappa shape index (κ3) is 7.80. The van der Waals surface area contributed by atoms with Crippen molar-refractivity contribution < 1.29 is 14.4 Å². The fourth-order valence-corrected chi connectivity index (χ4v) is 1.87. The van der Waals surface area contributed by atoms with Crippen LogP contribution in [0.5, 0.6) is 0 Å². The molecule has 21 heavy (non-hydrogen) atoms. The maximum absolute atomic E-state index is 12.4. The number of carbonyl (C=O) groups excluding carboxylic acids is 3. The molecule has 0 aromatic rings. The molecule has 2 atom stereocenters. The van der Waals surface area contributed by atoms with E-state index in [2.05, 4.69) is 5.32 Å². The van der Waals surface area contributed by atoms with E-state index >= 15 is 0 Å². The largest absolute Gasteiger partial charge is 0.368 e. The molecule has 0 aromatic carbocycles. The van der Waals surface area contributed by atoms with Crippen LogP contribution in [0, 0.1) is 5.41 Å². The molecule has 0 aliphatic rings. The van der Waals surface area contributed by atoms with Gasteiger partial charge in [0.05, 0.1) is 6.04 Å². The number of hydrogen-bond acceptors (Lipinski definition) is 4. The highest BCUT2D eigenvalue weighted by Crippen LogP contribution is 2.21. The molecule has 0 aromatic heterocycles. The van der Waals surface area contributed by atoms with Crippen molar-refractivity contribution in [2.24, 2.45) is 11.1 Å². The number of aldehydes is 1. The van der Waals surface area contributed by atoms with Gasteiger partial charge in [-0.1, -0.05) is 27.7 Å². The van der Waals surface area contributed by atoms with E-state index in [0.29, 0.717) is 13.0 Å². The zero-order valence-electron chi connectivity index (χ0n) is 14.4. The summed E-state index contributed by atoms with van der Waals surface area (Å²) in [6.07, 6.45) is 1.51. The fraction of sp³-hybridized carbons (Fsp3) is 0.800. The minimum atomic E-state index is -0.578. The summed E-state index contributed by atoms with van der Waals surface area (Å²) in [5.41, 5.74) is 5.04. The van der Waals surface area contributed by atoms with E-state index in [-0.39, 0.29) is 17.4 Å². The summed E-state index contributed by atoms with van der Waals surface area (Å²) >= 11 is 0. The molecule has 0 radical (unpaired) electrons. The predicted octanol–water partition coefficient (Wildman–Crippen LogP) is 0.938. The van der Waals surface area contributed by atoms with E-state index in [0.717, 1.165) is 6.29 Å². The molecule has 0 fully saturated rings. The number of nitrogens with two attached hydrogens (primary N) is 1. The summed E-state index contributed by atoms with van der Waals surface area (Å²) in [4.78, 5) is 34.2. The third-order valence-corrected chi connectivity index (χ3v) is 3.07. The van der Waals surface area contributed by atoms with Gasteiger partial charge in [-0.3, -0.25) is 9.59 Å². The van der Waals surface area contributed by atoms with Crippen LogP contribution in [0.15, 0.2) is 0 Å². The molecule has 124 valence electrons. The fourth-order valence-electron chi connectivity index (χ4n) is 1.87. The Morgan fingerprint density at radius 1 is 1.29 bits per heavy atom. The monoisotopic (exact) mass is 301 g/mol. The lowest BCUT2D eigenvalue weighted by molar-refractivity contribution is -0.142. The smallest absolute Gasteiger partial charge is 0.240 e. The Bertz CT molecular complexity index is 338. The molecule has 2 amide bonds. The number of amides is 2. The summed E-state index contributed by atoms with van der Waals surface area (Å²) < 4.78 is 0. The predicted molar refractivity (Wildman–Crippen MR) is 84.7 cm³/mol. The molecule has 6 nitrogen and oxygen atoms in total. The van der Waals surface area contributed by atoms with Crippen molar-refractivity contribution in [3.63, 3.8) is 0 Å². The van der Waals surface area contributed by atoms with Gasteiger partial charge in [0.15, 0.2) is 0 Å². The topological polar surface area (TPSA) is 92.5 Å². The molecule has 0 spiro atoms. The van der Waals surface area contributed by atoms with Gasteiger partial charge in [-0.25, -0.2) is 0 Å². The molecule has 3 N–H and O–H groups in total. The Balaban J connectivity index is 0. The lowest BCUT2D eigenvalue weighted by Crippen LogP contribution is -2.56. The van der Waals surface area contributed by atoms with Crippen molar-refractivity contribution in [3.8, 4) is 0 Å². The van der Waals surface area contributed by atoms with Gasteiger partial charge in [0, 0.05) is 13.0 Å². The van der Waals surface area contributed by atoms with Crippen molar-refractivity contribution in [2.75, 3.05) is 13.6 Å². The van der Waals surface area contributed by atoms with Gasteiger partial charge in [0.25, 0.3) is 0 Å². The van der Waals surface area contributed by atoms with Crippen LogP contribution in [0.3, 0.4) is 0 Å². The molecule has 2 unspecified atom stereocenters. The standard InChI is InChI=1S/C12H25N3O2.C3H6O/c1-7-15(8(2)10(13)16)11(17)9(14-6)12(3,4)5;1-2-3-4/h8-9,14H,7H2,1-6H3,(H2,13,16);3H,2H2,1H3. The van der Waals surface area contributed by atoms with E-state index in [1.807, 2.05) is 34.6 Å². The summed E-state index contributed by atoms with van der Waals surface area (Å²) in [6.45, 7) is 11.7. The first-order chi connectivity index (χ1) is 9.58. The zero-order chi connectivity index (χ0) is 17.2. The van der Waals surface area contributed by atoms with E-state index in [4.69, 9.17) is 5.73 Å². The lowest BCUT2D eigenvalue weighted by Gasteiger charge is -2.35. The maximum atomic E-state index is 12.4. The lowest BCUT2D eigenvalue weighted by atomic mass is 9.85. The van der Waals surface area contributed by atoms with Crippen LogP contribution in [0.4, 0.5) is 0 Å². The first-order valence-corrected chi connectivity index (χ1v) is 7.29. The SMILES string of the molecule is CCC=O.CCN(C(=O)C(NC)C(C)(C)C)C(C)C(N)=O. The van der Waals surface area contributed by atoms with Gasteiger partial charge in [-0.15, -0.1) is 0 Å². The average molecular weight is 301 g/mol. The molecule has 0 saturated heterocycles. The van der Waals surface area contributed by atoms with E-state index in [1.165, 1.54) is 4.90 Å². The molecular weight excluding hydrogens is 270 g/mol. The number of nitrogens with zero attached hydrogens (tertiary/aromatic N) is 1. The molecule has 0 rings (SSSR count). The Morgan fingerprint density at radius 3 is 1.90 bits per heavy atom. The van der Waals surface area contributed by atoms with Crippen LogP contribution in [-0.4, -0.2) is 48.7 Å². The highest BCUT2D eigenvalue weighted by atomic mass is 16.2. The number of carbonyl (C=O) groups is 3. The zero-order valence-corrected chi connectivity index (χ0v) is 14.4. The first-order valence-electron chi connectivity index (χ1n) is 7.29. The highest BCUT2D eigenvalue weighted by Gasteiger charge is 2.35. The molecule has 6 heteroatoms. The van der Waals surface area contributed by atoms with Crippen LogP contribution >= 0.6 is 0 Å². The Labute approximate surface area is 128 Å². The number of rotatable bonds is 6. The van der Waals surface area contributed by atoms with Gasteiger partial charge in [-0.2, -0.15) is 0 Å². The Hall–Kier alpha value is -1.43. The Kier molecular flexibility index (Phi) is 10.7. The summed E-state index contributed by atoms with van der Waals surface area (Å²) in [5.74, 6) is -0.572. The minimum Gasteiger partial charge on any atom is -0.368 e. The molecular formula is C15H31N3O3. The highest BCUT2D eigenvalue weighted by molar-refractivity contribution is 5.89. The molecule has 0 aliphatic carbocycles. The van der Waals surface area contributed by atoms with Crippen LogP contribution < -0.4 is 11.1 Å². The van der Waals surface area contributed by atoms with Crippen molar-refractivity contribution in [3.05, 3.63) is 0 Å². The second kappa shape index (κ2) is 10.3. The van der Waals surface area contributed by atoms with Crippen molar-refractivity contribution in [1.29, 1.82) is 0 Å². The maximum Gasteiger partial charge on any atom is 0.240 e. The number of hydrogen-bond donors (Lipinski definition) is 2. The summed E-state index contributed by atoms with van der Waals surface area (Å²) in [7, 11) is 1.75. The van der Waals surface area contributed by atoms with Gasteiger partial charge in [-0.05, 0) is 26.3 Å². The van der Waals surface area contributed by atoms with Gasteiger partial charge < -0.3 is 20.7 Å². The van der Waals surface area contributed by atoms with Crippen LogP contribution in [0.1, 0.15) is 48.0 Å². The van der Waals surface area contributed by atoms with Gasteiger partial charge in [0.1, 0.15) is 12.3 Å². The molecule has 0 saturated carbocycles. The first kappa shape index (κ1) is 21.9. The molecule has 0 aliphatic heterocycles. The van der Waals surface area contributed by atoms with Crippen LogP contribution in [0.25, 0.3) is 0 Å². The second-order valence-electron chi connectivity index (χ2n) is 5.87. The average Bonchev–Trinajstić information content (AvgIpc) is 2.38. The van der Waals surface area contributed by atoms with Gasteiger partial charge in [0.2, 0.25) is 11.8 Å². The van der Waals surface area contributed by atoms with Gasteiger partial charge >= 0.3 is 0 Å². The Morgan fingerprint density at radius 2 is 1.71 bits per heavy atom. The molecule has 0 heterocycles. The second-order valence-corrected chi connectivity index (χ2v) is 5.87. The molecule has 0 bridgehead atoms. The van der Waals surface area contributed by atoms with E-state index in [9.17, 15) is 14.4 Å². The number of primary amides is 1. The van der Waals surface area contributed by atoms with Crippen LogP contribution in [-0.2, 0) is 14.4 Å². The van der Waals surface area contributed by atoms with E-state index < -0.39 is 11.9 Å². The normalized spacial score (nSPS) is 13.5. The van der Waals surface area contributed by atoms with Crippen molar-refractivity contribution >= 4 is 18.1 Å². The number of likely N-dealkylation sites (N-methyl/N-ethyl adjacent to an activating group) is 2.